The van der Waals surface area contributed by atoms with E-state index in [9.17, 15) is 0 Å². The topological polar surface area (TPSA) is 57.7 Å². The second kappa shape index (κ2) is 6.79. The standard InChI is InChI=1S/C18H27N5/c1-12(2)23-7-5-6-15(11-23)8-16-9-19-10-17(20-16)18-13(3)21-22-14(18)4/h9-10,12,15H,5-8,11H2,1-4H3,(H,21,22)/t15-/m0/s1. The number of nitrogens with zero attached hydrogens (tertiary/aromatic N) is 4. The lowest BCUT2D eigenvalue weighted by Gasteiger charge is -2.35. The Labute approximate surface area is 138 Å². The minimum atomic E-state index is 0.631. The van der Waals surface area contributed by atoms with E-state index in [1.165, 1.54) is 25.9 Å². The van der Waals surface area contributed by atoms with Crippen LogP contribution in [0.25, 0.3) is 11.3 Å². The van der Waals surface area contributed by atoms with E-state index in [0.29, 0.717) is 12.0 Å². The second-order valence-corrected chi connectivity index (χ2v) is 7.01. The summed E-state index contributed by atoms with van der Waals surface area (Å²) in [5.41, 5.74) is 5.16. The smallest absolute Gasteiger partial charge is 0.0925 e. The van der Waals surface area contributed by atoms with Crippen LogP contribution in [0, 0.1) is 19.8 Å². The molecule has 1 saturated heterocycles. The number of piperidine rings is 1. The molecule has 2 aromatic rings. The van der Waals surface area contributed by atoms with Crippen molar-refractivity contribution in [1.29, 1.82) is 0 Å². The quantitative estimate of drug-likeness (QED) is 0.942. The van der Waals surface area contributed by atoms with Crippen LogP contribution in [0.1, 0.15) is 43.8 Å². The van der Waals surface area contributed by atoms with Gasteiger partial charge in [0, 0.05) is 30.0 Å². The summed E-state index contributed by atoms with van der Waals surface area (Å²) in [7, 11) is 0. The van der Waals surface area contributed by atoms with Crippen LogP contribution in [0.2, 0.25) is 0 Å². The van der Waals surface area contributed by atoms with E-state index < -0.39 is 0 Å². The molecule has 23 heavy (non-hydrogen) atoms. The summed E-state index contributed by atoms with van der Waals surface area (Å²) in [6.07, 6.45) is 7.35. The van der Waals surface area contributed by atoms with Crippen molar-refractivity contribution >= 4 is 0 Å². The molecule has 0 spiro atoms. The summed E-state index contributed by atoms with van der Waals surface area (Å²) in [5, 5.41) is 7.30. The molecule has 1 fully saturated rings. The molecule has 0 bridgehead atoms. The van der Waals surface area contributed by atoms with Crippen LogP contribution in [0.4, 0.5) is 0 Å². The molecule has 0 radical (unpaired) electrons. The molecule has 1 N–H and O–H groups in total. The van der Waals surface area contributed by atoms with Gasteiger partial charge in [-0.3, -0.25) is 10.1 Å². The van der Waals surface area contributed by atoms with Gasteiger partial charge < -0.3 is 4.90 Å². The molecule has 3 rings (SSSR count). The molecule has 124 valence electrons. The van der Waals surface area contributed by atoms with E-state index >= 15 is 0 Å². The molecule has 1 atom stereocenters. The summed E-state index contributed by atoms with van der Waals surface area (Å²) in [6, 6.07) is 0.631. The monoisotopic (exact) mass is 313 g/mol. The second-order valence-electron chi connectivity index (χ2n) is 7.01. The predicted molar refractivity (Wildman–Crippen MR) is 92.2 cm³/mol. The molecule has 5 heteroatoms. The third kappa shape index (κ3) is 3.61. The van der Waals surface area contributed by atoms with Gasteiger partial charge in [0.2, 0.25) is 0 Å². The van der Waals surface area contributed by atoms with Crippen molar-refractivity contribution in [2.45, 2.75) is 53.0 Å². The fourth-order valence-corrected chi connectivity index (χ4v) is 3.58. The summed E-state index contributed by atoms with van der Waals surface area (Å²) in [5.74, 6) is 0.683. The molecule has 0 amide bonds. The number of aromatic amines is 1. The normalized spacial score (nSPS) is 19.4. The molecule has 1 aliphatic rings. The van der Waals surface area contributed by atoms with Gasteiger partial charge in [-0.05, 0) is 59.4 Å². The van der Waals surface area contributed by atoms with E-state index in [0.717, 1.165) is 34.8 Å². The van der Waals surface area contributed by atoms with Gasteiger partial charge >= 0.3 is 0 Å². The van der Waals surface area contributed by atoms with E-state index in [4.69, 9.17) is 4.98 Å². The Morgan fingerprint density at radius 3 is 2.83 bits per heavy atom. The van der Waals surface area contributed by atoms with Crippen LogP contribution in [-0.2, 0) is 6.42 Å². The Bertz CT molecular complexity index is 642. The van der Waals surface area contributed by atoms with Crippen LogP contribution in [-0.4, -0.2) is 44.2 Å². The van der Waals surface area contributed by atoms with Crippen molar-refractivity contribution in [2.75, 3.05) is 13.1 Å². The maximum Gasteiger partial charge on any atom is 0.0925 e. The number of aryl methyl sites for hydroxylation is 2. The molecular formula is C18H27N5. The first-order valence-corrected chi connectivity index (χ1v) is 8.61. The van der Waals surface area contributed by atoms with E-state index in [-0.39, 0.29) is 0 Å². The maximum absolute atomic E-state index is 4.86. The van der Waals surface area contributed by atoms with E-state index in [1.807, 2.05) is 26.2 Å². The Balaban J connectivity index is 1.76. The summed E-state index contributed by atoms with van der Waals surface area (Å²) >= 11 is 0. The minimum absolute atomic E-state index is 0.631. The lowest BCUT2D eigenvalue weighted by Crippen LogP contribution is -2.40. The lowest BCUT2D eigenvalue weighted by atomic mass is 9.92. The van der Waals surface area contributed by atoms with Gasteiger partial charge in [-0.25, -0.2) is 4.98 Å². The Morgan fingerprint density at radius 2 is 2.13 bits per heavy atom. The van der Waals surface area contributed by atoms with Crippen LogP contribution in [0.5, 0.6) is 0 Å². The van der Waals surface area contributed by atoms with Gasteiger partial charge in [0.05, 0.1) is 23.3 Å². The zero-order chi connectivity index (χ0) is 16.4. The zero-order valence-electron chi connectivity index (χ0n) is 14.6. The van der Waals surface area contributed by atoms with Crippen molar-refractivity contribution in [2.24, 2.45) is 5.92 Å². The largest absolute Gasteiger partial charge is 0.301 e. The third-order valence-corrected chi connectivity index (χ3v) is 4.85. The van der Waals surface area contributed by atoms with Gasteiger partial charge in [-0.15, -0.1) is 0 Å². The highest BCUT2D eigenvalue weighted by Gasteiger charge is 2.22. The number of nitrogens with one attached hydrogen (secondary N) is 1. The molecule has 1 aliphatic heterocycles. The van der Waals surface area contributed by atoms with E-state index in [1.54, 1.807) is 0 Å². The van der Waals surface area contributed by atoms with Crippen molar-refractivity contribution in [3.8, 4) is 11.3 Å². The maximum atomic E-state index is 4.86. The van der Waals surface area contributed by atoms with Crippen LogP contribution in [0.15, 0.2) is 12.4 Å². The first-order valence-electron chi connectivity index (χ1n) is 8.61. The van der Waals surface area contributed by atoms with Gasteiger partial charge in [0.15, 0.2) is 0 Å². The Kier molecular flexibility index (Phi) is 4.76. The number of aromatic nitrogens is 4. The number of H-pyrrole nitrogens is 1. The molecule has 2 aromatic heterocycles. The van der Waals surface area contributed by atoms with Gasteiger partial charge in [0.1, 0.15) is 0 Å². The highest BCUT2D eigenvalue weighted by molar-refractivity contribution is 5.63. The highest BCUT2D eigenvalue weighted by Crippen LogP contribution is 2.25. The van der Waals surface area contributed by atoms with Gasteiger partial charge in [-0.1, -0.05) is 0 Å². The summed E-state index contributed by atoms with van der Waals surface area (Å²) in [6.45, 7) is 11.0. The highest BCUT2D eigenvalue weighted by atomic mass is 15.2. The molecular weight excluding hydrogens is 286 g/mol. The van der Waals surface area contributed by atoms with Crippen LogP contribution >= 0.6 is 0 Å². The average Bonchev–Trinajstić information content (AvgIpc) is 2.87. The molecule has 5 nitrogen and oxygen atoms in total. The van der Waals surface area contributed by atoms with Crippen LogP contribution in [0.3, 0.4) is 0 Å². The number of hydrogen-bond donors (Lipinski definition) is 1. The van der Waals surface area contributed by atoms with Gasteiger partial charge in [0.25, 0.3) is 0 Å². The Hall–Kier alpha value is -1.75. The Morgan fingerprint density at radius 1 is 1.30 bits per heavy atom. The van der Waals surface area contributed by atoms with Crippen molar-refractivity contribution in [3.63, 3.8) is 0 Å². The van der Waals surface area contributed by atoms with Crippen molar-refractivity contribution in [3.05, 3.63) is 29.5 Å². The summed E-state index contributed by atoms with van der Waals surface area (Å²) < 4.78 is 0. The predicted octanol–water partition coefficient (Wildman–Crippen LogP) is 3.15. The minimum Gasteiger partial charge on any atom is -0.301 e. The average molecular weight is 313 g/mol. The fraction of sp³-hybridized carbons (Fsp3) is 0.611. The number of rotatable bonds is 4. The molecule has 3 heterocycles. The molecule has 0 aromatic carbocycles. The SMILES string of the molecule is Cc1n[nH]c(C)c1-c1cncc(C[C@@H]2CCCN(C(C)C)C2)n1. The molecule has 0 unspecified atom stereocenters. The number of hydrogen-bond acceptors (Lipinski definition) is 4. The zero-order valence-corrected chi connectivity index (χ0v) is 14.6. The van der Waals surface area contributed by atoms with Crippen molar-refractivity contribution in [1.82, 2.24) is 25.1 Å². The molecule has 0 aliphatic carbocycles. The first-order chi connectivity index (χ1) is 11.0. The molecule has 0 saturated carbocycles. The fourth-order valence-electron chi connectivity index (χ4n) is 3.58. The third-order valence-electron chi connectivity index (χ3n) is 4.85. The summed E-state index contributed by atoms with van der Waals surface area (Å²) in [4.78, 5) is 11.9. The van der Waals surface area contributed by atoms with Gasteiger partial charge in [-0.2, -0.15) is 5.10 Å². The number of likely N-dealkylation sites (tertiary alicyclic amines) is 1. The van der Waals surface area contributed by atoms with Crippen molar-refractivity contribution < 1.29 is 0 Å². The van der Waals surface area contributed by atoms with E-state index in [2.05, 4.69) is 33.9 Å². The lowest BCUT2D eigenvalue weighted by molar-refractivity contribution is 0.139. The van der Waals surface area contributed by atoms with Crippen LogP contribution < -0.4 is 0 Å². The first kappa shape index (κ1) is 16.1.